The van der Waals surface area contributed by atoms with Crippen molar-refractivity contribution >= 4 is 28.4 Å². The van der Waals surface area contributed by atoms with E-state index in [2.05, 4.69) is 36.4 Å². The van der Waals surface area contributed by atoms with Gasteiger partial charge >= 0.3 is 6.18 Å². The first-order chi connectivity index (χ1) is 20.9. The molecule has 0 spiro atoms. The minimum absolute atomic E-state index is 0.322. The smallest absolute Gasteiger partial charge is 0.353 e. The molecular formula is C31H28F3N9. The van der Waals surface area contributed by atoms with Gasteiger partial charge in [-0.3, -0.25) is 15.0 Å². The first kappa shape index (κ1) is 26.1. The Kier molecular flexibility index (Phi) is 6.07. The summed E-state index contributed by atoms with van der Waals surface area (Å²) in [5.74, 6) is 3.47. The van der Waals surface area contributed by atoms with Crippen LogP contribution in [0.25, 0.3) is 22.3 Å². The Bertz CT molecular complexity index is 1770. The van der Waals surface area contributed by atoms with Crippen LogP contribution in [0.5, 0.6) is 0 Å². The Labute approximate surface area is 245 Å². The highest BCUT2D eigenvalue weighted by molar-refractivity contribution is 5.92. The van der Waals surface area contributed by atoms with Crippen molar-refractivity contribution in [2.45, 2.75) is 50.0 Å². The number of rotatable bonds is 7. The highest BCUT2D eigenvalue weighted by Crippen LogP contribution is 2.40. The molecular weight excluding hydrogens is 555 g/mol. The lowest BCUT2D eigenvalue weighted by Gasteiger charge is -2.56. The number of H-pyrrole nitrogens is 1. The maximum Gasteiger partial charge on any atom is 0.433 e. The number of para-hydroxylation sites is 1. The van der Waals surface area contributed by atoms with E-state index in [4.69, 9.17) is 15.0 Å². The maximum absolute atomic E-state index is 12.9. The van der Waals surface area contributed by atoms with Crippen LogP contribution in [0, 0.1) is 0 Å². The number of halogens is 3. The monoisotopic (exact) mass is 583 g/mol. The van der Waals surface area contributed by atoms with Gasteiger partial charge in [-0.05, 0) is 55.2 Å². The fourth-order valence-corrected chi connectivity index (χ4v) is 6.16. The van der Waals surface area contributed by atoms with Crippen molar-refractivity contribution in [1.29, 1.82) is 0 Å². The molecule has 2 unspecified atom stereocenters. The first-order valence-corrected chi connectivity index (χ1v) is 14.5. The number of aromatic amines is 1. The Balaban J connectivity index is 0.968. The second-order valence-corrected chi connectivity index (χ2v) is 11.6. The van der Waals surface area contributed by atoms with E-state index in [0.717, 1.165) is 64.9 Å². The third-order valence-electron chi connectivity index (χ3n) is 8.62. The zero-order valence-electron chi connectivity index (χ0n) is 23.1. The third kappa shape index (κ3) is 5.05. The number of hydrogen-bond donors (Lipinski definition) is 2. The average molecular weight is 584 g/mol. The van der Waals surface area contributed by atoms with E-state index in [0.29, 0.717) is 36.2 Å². The second kappa shape index (κ2) is 10.0. The van der Waals surface area contributed by atoms with Crippen molar-refractivity contribution in [3.05, 3.63) is 83.9 Å². The van der Waals surface area contributed by atoms with Crippen LogP contribution in [-0.4, -0.2) is 60.2 Å². The zero-order chi connectivity index (χ0) is 29.1. The highest BCUT2D eigenvalue weighted by Gasteiger charge is 2.44. The zero-order valence-corrected chi connectivity index (χ0v) is 23.1. The SMILES string of the molecule is FC(F)(F)c1ccc(CN2C3CC2CN(c2ccc(-c4nc(Nc5cc(C6CC6)[nH]n5)c5ccccc5n4)cn2)C3)cn1. The molecule has 4 aliphatic rings. The number of nitrogens with zero attached hydrogens (tertiary/aromatic N) is 7. The number of anilines is 3. The van der Waals surface area contributed by atoms with Crippen LogP contribution in [0.1, 0.15) is 42.1 Å². The van der Waals surface area contributed by atoms with E-state index in [1.807, 2.05) is 42.6 Å². The summed E-state index contributed by atoms with van der Waals surface area (Å²) in [7, 11) is 0. The molecule has 3 aliphatic heterocycles. The van der Waals surface area contributed by atoms with E-state index in [9.17, 15) is 13.2 Å². The molecule has 9 nitrogen and oxygen atoms in total. The molecule has 1 aromatic carbocycles. The number of benzene rings is 1. The van der Waals surface area contributed by atoms with E-state index in [-0.39, 0.29) is 0 Å². The molecule has 0 radical (unpaired) electrons. The summed E-state index contributed by atoms with van der Waals surface area (Å²) in [6.45, 7) is 2.21. The lowest BCUT2D eigenvalue weighted by atomic mass is 9.87. The van der Waals surface area contributed by atoms with E-state index in [1.54, 1.807) is 0 Å². The Morgan fingerprint density at radius 3 is 2.49 bits per heavy atom. The Morgan fingerprint density at radius 2 is 1.77 bits per heavy atom. The van der Waals surface area contributed by atoms with Gasteiger partial charge in [0.15, 0.2) is 11.6 Å². The molecule has 4 fully saturated rings. The molecule has 4 aromatic heterocycles. The van der Waals surface area contributed by atoms with Crippen LogP contribution in [-0.2, 0) is 12.7 Å². The van der Waals surface area contributed by atoms with Crippen LogP contribution >= 0.6 is 0 Å². The Morgan fingerprint density at radius 1 is 0.930 bits per heavy atom. The molecule has 2 bridgehead atoms. The number of aromatic nitrogens is 6. The Hall–Kier alpha value is -4.58. The molecule has 43 heavy (non-hydrogen) atoms. The maximum atomic E-state index is 12.9. The van der Waals surface area contributed by atoms with Gasteiger partial charge in [-0.2, -0.15) is 18.3 Å². The highest BCUT2D eigenvalue weighted by atomic mass is 19.4. The van der Waals surface area contributed by atoms with Crippen LogP contribution in [0.4, 0.5) is 30.6 Å². The van der Waals surface area contributed by atoms with Gasteiger partial charge in [-0.1, -0.05) is 18.2 Å². The summed E-state index contributed by atoms with van der Waals surface area (Å²) in [6.07, 6.45) is 2.20. The molecule has 0 amide bonds. The van der Waals surface area contributed by atoms with Gasteiger partial charge in [-0.15, -0.1) is 0 Å². The van der Waals surface area contributed by atoms with Gasteiger partial charge in [0.1, 0.15) is 17.3 Å². The number of hydrogen-bond acceptors (Lipinski definition) is 8. The van der Waals surface area contributed by atoms with E-state index < -0.39 is 11.9 Å². The van der Waals surface area contributed by atoms with E-state index in [1.165, 1.54) is 25.1 Å². The van der Waals surface area contributed by atoms with Gasteiger partial charge < -0.3 is 10.2 Å². The minimum Gasteiger partial charge on any atom is -0.353 e. The fourth-order valence-electron chi connectivity index (χ4n) is 6.16. The van der Waals surface area contributed by atoms with Crippen molar-refractivity contribution < 1.29 is 13.2 Å². The molecule has 3 saturated heterocycles. The number of piperazine rings is 1. The van der Waals surface area contributed by atoms with Gasteiger partial charge in [0.2, 0.25) is 0 Å². The largest absolute Gasteiger partial charge is 0.433 e. The summed E-state index contributed by atoms with van der Waals surface area (Å²) >= 11 is 0. The van der Waals surface area contributed by atoms with Crippen molar-refractivity contribution in [2.24, 2.45) is 0 Å². The van der Waals surface area contributed by atoms with Crippen molar-refractivity contribution in [2.75, 3.05) is 23.3 Å². The molecule has 1 saturated carbocycles. The lowest BCUT2D eigenvalue weighted by molar-refractivity contribution is -0.141. The number of piperidine rings is 1. The van der Waals surface area contributed by atoms with Gasteiger partial charge in [0.05, 0.1) is 5.52 Å². The number of fused-ring (bicyclic) bond motifs is 3. The van der Waals surface area contributed by atoms with Gasteiger partial charge in [0, 0.05) is 72.7 Å². The predicted molar refractivity (Wildman–Crippen MR) is 156 cm³/mol. The summed E-state index contributed by atoms with van der Waals surface area (Å²) in [4.78, 5) is 22.7. The summed E-state index contributed by atoms with van der Waals surface area (Å²) in [6, 6.07) is 17.2. The molecule has 5 aromatic rings. The average Bonchev–Trinajstić information content (AvgIpc) is 3.78. The molecule has 7 heterocycles. The summed E-state index contributed by atoms with van der Waals surface area (Å²) in [5.41, 5.74) is 2.73. The second-order valence-electron chi connectivity index (χ2n) is 11.6. The van der Waals surface area contributed by atoms with Gasteiger partial charge in [0.25, 0.3) is 0 Å². The molecule has 218 valence electrons. The van der Waals surface area contributed by atoms with Crippen molar-refractivity contribution in [3.63, 3.8) is 0 Å². The van der Waals surface area contributed by atoms with Crippen LogP contribution in [0.2, 0.25) is 0 Å². The molecule has 12 heteroatoms. The normalized spacial score (nSPS) is 20.3. The molecule has 2 atom stereocenters. The summed E-state index contributed by atoms with van der Waals surface area (Å²) < 4.78 is 38.6. The first-order valence-electron chi connectivity index (χ1n) is 14.5. The number of alkyl halides is 3. The quantitative estimate of drug-likeness (QED) is 0.244. The van der Waals surface area contributed by atoms with Crippen LogP contribution < -0.4 is 10.2 Å². The van der Waals surface area contributed by atoms with Crippen molar-refractivity contribution in [1.82, 2.24) is 35.0 Å². The van der Waals surface area contributed by atoms with E-state index >= 15 is 0 Å². The molecule has 9 rings (SSSR count). The molecule has 1 aliphatic carbocycles. The van der Waals surface area contributed by atoms with Crippen molar-refractivity contribution in [3.8, 4) is 11.4 Å². The topological polar surface area (TPSA) is 98.8 Å². The fraction of sp³-hybridized carbons (Fsp3) is 0.323. The number of nitrogens with one attached hydrogen (secondary N) is 2. The van der Waals surface area contributed by atoms with Crippen LogP contribution in [0.15, 0.2) is 67.0 Å². The van der Waals surface area contributed by atoms with Gasteiger partial charge in [-0.25, -0.2) is 15.0 Å². The van der Waals surface area contributed by atoms with Crippen LogP contribution in [0.3, 0.4) is 0 Å². The summed E-state index contributed by atoms with van der Waals surface area (Å²) in [5, 5.41) is 11.9. The lowest BCUT2D eigenvalue weighted by Crippen LogP contribution is -2.68. The molecule has 2 N–H and O–H groups in total. The predicted octanol–water partition coefficient (Wildman–Crippen LogP) is 5.91. The standard InChI is InChI=1S/C31H28F3N9/c32-31(33,34)26-9-5-18(13-35-26)15-43-21-11-22(43)17-42(16-21)28-10-8-20(14-36-28)29-37-24-4-2-1-3-23(24)30(39-29)38-27-12-25(40-41-27)19-6-7-19/h1-5,8-10,12-14,19,21-22H,6-7,11,15-17H2,(H2,37,38,39,40,41). The minimum atomic E-state index is -4.42. The number of pyridine rings is 2. The third-order valence-corrected chi connectivity index (χ3v) is 8.62.